The Morgan fingerprint density at radius 2 is 2.09 bits per heavy atom. The number of hydrogen-bond donors (Lipinski definition) is 1. The lowest BCUT2D eigenvalue weighted by atomic mass is 10.0. The number of carboxylic acids is 1. The van der Waals surface area contributed by atoms with Crippen molar-refractivity contribution in [1.82, 2.24) is 0 Å². The Balaban J connectivity index is 1.78. The van der Waals surface area contributed by atoms with Crippen LogP contribution in [0.2, 0.25) is 0 Å². The fourth-order valence-corrected chi connectivity index (χ4v) is 2.65. The van der Waals surface area contributed by atoms with Crippen molar-refractivity contribution < 1.29 is 29.0 Å². The first-order valence-electron chi connectivity index (χ1n) is 7.13. The van der Waals surface area contributed by atoms with Gasteiger partial charge in [-0.25, -0.2) is 0 Å². The van der Waals surface area contributed by atoms with Gasteiger partial charge in [-0.3, -0.25) is 14.4 Å². The third-order valence-corrected chi connectivity index (χ3v) is 4.14. The summed E-state index contributed by atoms with van der Waals surface area (Å²) in [4.78, 5) is 34.8. The lowest BCUT2D eigenvalue weighted by Gasteiger charge is -2.20. The number of hydrogen-bond acceptors (Lipinski definition) is 5. The van der Waals surface area contributed by atoms with E-state index in [-0.39, 0.29) is 19.3 Å². The van der Waals surface area contributed by atoms with E-state index in [2.05, 4.69) is 0 Å². The van der Waals surface area contributed by atoms with E-state index in [1.54, 1.807) is 6.07 Å². The molecule has 2 atom stereocenters. The number of aryl methyl sites for hydroxylation is 1. The average molecular weight is 304 g/mol. The van der Waals surface area contributed by atoms with Crippen LogP contribution in [0.5, 0.6) is 0 Å². The maximum absolute atomic E-state index is 12.1. The predicted octanol–water partition coefficient (Wildman–Crippen LogP) is 1.76. The Labute approximate surface area is 127 Å². The molecule has 0 spiro atoms. The maximum Gasteiger partial charge on any atom is 0.323 e. The number of rotatable bonds is 4. The summed E-state index contributed by atoms with van der Waals surface area (Å²) in [7, 11) is 0. The van der Waals surface area contributed by atoms with Crippen molar-refractivity contribution in [3.05, 3.63) is 35.4 Å². The summed E-state index contributed by atoms with van der Waals surface area (Å²) in [5, 5.41) is 9.12. The zero-order valence-corrected chi connectivity index (χ0v) is 12.1. The van der Waals surface area contributed by atoms with Crippen molar-refractivity contribution in [2.45, 2.75) is 38.4 Å². The molecule has 3 rings (SSSR count). The average Bonchev–Trinajstić information content (AvgIpc) is 3.19. The molecule has 1 heterocycles. The molecule has 1 saturated heterocycles. The van der Waals surface area contributed by atoms with Crippen LogP contribution >= 0.6 is 0 Å². The summed E-state index contributed by atoms with van der Waals surface area (Å²) < 4.78 is 10.6. The van der Waals surface area contributed by atoms with Crippen LogP contribution in [0.3, 0.4) is 0 Å². The number of ether oxygens (including phenoxy) is 2. The van der Waals surface area contributed by atoms with E-state index in [1.807, 2.05) is 25.1 Å². The van der Waals surface area contributed by atoms with Gasteiger partial charge in [0.15, 0.2) is 17.6 Å². The Morgan fingerprint density at radius 3 is 2.68 bits per heavy atom. The van der Waals surface area contributed by atoms with E-state index in [1.165, 1.54) is 0 Å². The van der Waals surface area contributed by atoms with Crippen molar-refractivity contribution in [3.63, 3.8) is 0 Å². The molecule has 6 nitrogen and oxygen atoms in total. The fourth-order valence-electron chi connectivity index (χ4n) is 2.65. The summed E-state index contributed by atoms with van der Waals surface area (Å²) in [6, 6.07) is 7.38. The highest BCUT2D eigenvalue weighted by atomic mass is 16.6. The number of esters is 2. The third-order valence-electron chi connectivity index (χ3n) is 4.14. The van der Waals surface area contributed by atoms with E-state index in [0.29, 0.717) is 0 Å². The molecule has 0 aromatic heterocycles. The van der Waals surface area contributed by atoms with Gasteiger partial charge in [0.2, 0.25) is 0 Å². The second-order valence-electron chi connectivity index (χ2n) is 5.86. The van der Waals surface area contributed by atoms with Crippen LogP contribution < -0.4 is 0 Å². The normalized spacial score (nSPS) is 25.4. The minimum Gasteiger partial charge on any atom is -0.480 e. The van der Waals surface area contributed by atoms with Crippen LogP contribution in [-0.4, -0.2) is 29.1 Å². The Kier molecular flexibility index (Phi) is 3.39. The van der Waals surface area contributed by atoms with Gasteiger partial charge in [-0.2, -0.15) is 0 Å². The van der Waals surface area contributed by atoms with Crippen molar-refractivity contribution in [1.29, 1.82) is 0 Å². The molecular formula is C16H16O6. The van der Waals surface area contributed by atoms with E-state index in [0.717, 1.165) is 11.1 Å². The Morgan fingerprint density at radius 1 is 1.36 bits per heavy atom. The smallest absolute Gasteiger partial charge is 0.323 e. The summed E-state index contributed by atoms with van der Waals surface area (Å²) >= 11 is 0. The second-order valence-corrected chi connectivity index (χ2v) is 5.86. The van der Waals surface area contributed by atoms with Crippen molar-refractivity contribution in [2.24, 2.45) is 5.41 Å². The van der Waals surface area contributed by atoms with Gasteiger partial charge in [-0.15, -0.1) is 0 Å². The highest BCUT2D eigenvalue weighted by Gasteiger charge is 2.59. The second kappa shape index (κ2) is 5.12. The van der Waals surface area contributed by atoms with Gasteiger partial charge < -0.3 is 14.6 Å². The van der Waals surface area contributed by atoms with Crippen LogP contribution in [-0.2, 0) is 23.9 Å². The molecule has 2 fully saturated rings. The Hall–Kier alpha value is -2.37. The Bertz CT molecular complexity index is 646. The lowest BCUT2D eigenvalue weighted by Crippen LogP contribution is -2.32. The molecule has 116 valence electrons. The molecule has 1 aliphatic carbocycles. The van der Waals surface area contributed by atoms with Gasteiger partial charge in [-0.1, -0.05) is 29.8 Å². The summed E-state index contributed by atoms with van der Waals surface area (Å²) in [6.45, 7) is 1.91. The number of benzene rings is 1. The molecule has 2 aliphatic rings. The van der Waals surface area contributed by atoms with Crippen LogP contribution in [0.1, 0.15) is 36.5 Å². The first-order valence-corrected chi connectivity index (χ1v) is 7.13. The highest BCUT2D eigenvalue weighted by molar-refractivity contribution is 6.02. The monoisotopic (exact) mass is 304 g/mol. The molecule has 0 unspecified atom stereocenters. The fraction of sp³-hybridized carbons (Fsp3) is 0.438. The van der Waals surface area contributed by atoms with Crippen LogP contribution in [0.15, 0.2) is 24.3 Å². The summed E-state index contributed by atoms with van der Waals surface area (Å²) in [6.07, 6.45) is -0.963. The highest BCUT2D eigenvalue weighted by Crippen LogP contribution is 2.48. The standard InChI is InChI=1S/C16H16O6/c1-9-3-2-4-10(7-9)13-11(8-12(17)22-13)21-15(20)16(5-6-16)14(18)19/h2-4,7,11,13H,5-6,8H2,1H3,(H,18,19)/t11-,13+/m0/s1. The molecule has 1 aliphatic heterocycles. The number of carbonyl (C=O) groups is 3. The van der Waals surface area contributed by atoms with Crippen molar-refractivity contribution in [3.8, 4) is 0 Å². The van der Waals surface area contributed by atoms with E-state index in [9.17, 15) is 14.4 Å². The maximum atomic E-state index is 12.1. The van der Waals surface area contributed by atoms with Gasteiger partial charge in [0.05, 0.1) is 6.42 Å². The zero-order valence-electron chi connectivity index (χ0n) is 12.1. The quantitative estimate of drug-likeness (QED) is 0.673. The minimum atomic E-state index is -1.43. The van der Waals surface area contributed by atoms with Gasteiger partial charge >= 0.3 is 17.9 Å². The molecule has 0 radical (unpaired) electrons. The van der Waals surface area contributed by atoms with Crippen molar-refractivity contribution in [2.75, 3.05) is 0 Å². The zero-order chi connectivity index (χ0) is 15.9. The van der Waals surface area contributed by atoms with Gasteiger partial charge in [0.25, 0.3) is 0 Å². The molecule has 1 N–H and O–H groups in total. The molecule has 1 saturated carbocycles. The van der Waals surface area contributed by atoms with Gasteiger partial charge in [-0.05, 0) is 25.3 Å². The van der Waals surface area contributed by atoms with Crippen LogP contribution in [0, 0.1) is 12.3 Å². The molecule has 0 amide bonds. The van der Waals surface area contributed by atoms with Crippen LogP contribution in [0.4, 0.5) is 0 Å². The molecule has 22 heavy (non-hydrogen) atoms. The number of carbonyl (C=O) groups excluding carboxylic acids is 2. The van der Waals surface area contributed by atoms with E-state index in [4.69, 9.17) is 14.6 Å². The summed E-state index contributed by atoms with van der Waals surface area (Å²) in [5.41, 5.74) is 0.307. The number of cyclic esters (lactones) is 1. The van der Waals surface area contributed by atoms with Gasteiger partial charge in [0.1, 0.15) is 0 Å². The molecule has 1 aromatic rings. The topological polar surface area (TPSA) is 89.9 Å². The van der Waals surface area contributed by atoms with Crippen LogP contribution in [0.25, 0.3) is 0 Å². The van der Waals surface area contributed by atoms with Gasteiger partial charge in [0, 0.05) is 0 Å². The lowest BCUT2D eigenvalue weighted by molar-refractivity contribution is -0.167. The number of carboxylic acid groups (broad SMARTS) is 1. The molecule has 6 heteroatoms. The first kappa shape index (κ1) is 14.6. The molecular weight excluding hydrogens is 288 g/mol. The number of aliphatic carboxylic acids is 1. The largest absolute Gasteiger partial charge is 0.480 e. The van der Waals surface area contributed by atoms with Crippen molar-refractivity contribution >= 4 is 17.9 Å². The predicted molar refractivity (Wildman–Crippen MR) is 73.8 cm³/mol. The van der Waals surface area contributed by atoms with E-state index < -0.39 is 35.5 Å². The SMILES string of the molecule is Cc1cccc([C@H]2OC(=O)C[C@@H]2OC(=O)C2(C(=O)O)CC2)c1. The minimum absolute atomic E-state index is 0.0555. The third kappa shape index (κ3) is 2.45. The first-order chi connectivity index (χ1) is 10.4. The van der Waals surface area contributed by atoms with E-state index >= 15 is 0 Å². The molecule has 1 aromatic carbocycles. The molecule has 0 bridgehead atoms. The summed E-state index contributed by atoms with van der Waals surface area (Å²) in [5.74, 6) is -2.40.